The van der Waals surface area contributed by atoms with Gasteiger partial charge in [-0.15, -0.1) is 0 Å². The van der Waals surface area contributed by atoms with Gasteiger partial charge in [0.15, 0.2) is 0 Å². The van der Waals surface area contributed by atoms with Crippen LogP contribution < -0.4 is 5.32 Å². The zero-order valence-corrected chi connectivity index (χ0v) is 11.4. The summed E-state index contributed by atoms with van der Waals surface area (Å²) in [6.07, 6.45) is 1.48. The first-order chi connectivity index (χ1) is 8.33. The molecule has 1 aliphatic heterocycles. The molecule has 2 aliphatic rings. The number of ether oxygens (including phenoxy) is 2. The zero-order chi connectivity index (χ0) is 13.4. The van der Waals surface area contributed by atoms with Gasteiger partial charge >= 0.3 is 6.09 Å². The van der Waals surface area contributed by atoms with Crippen LogP contribution >= 0.6 is 0 Å². The van der Waals surface area contributed by atoms with E-state index in [9.17, 15) is 9.90 Å². The molecule has 1 aliphatic carbocycles. The van der Waals surface area contributed by atoms with E-state index in [2.05, 4.69) is 5.32 Å². The highest BCUT2D eigenvalue weighted by Gasteiger charge is 2.55. The van der Waals surface area contributed by atoms with Gasteiger partial charge in [-0.25, -0.2) is 4.79 Å². The van der Waals surface area contributed by atoms with Crippen molar-refractivity contribution in [3.8, 4) is 0 Å². The van der Waals surface area contributed by atoms with Crippen LogP contribution in [0.5, 0.6) is 0 Å². The molecule has 2 atom stereocenters. The van der Waals surface area contributed by atoms with E-state index in [0.717, 1.165) is 12.8 Å². The minimum Gasteiger partial charge on any atom is -0.444 e. The maximum absolute atomic E-state index is 11.7. The Morgan fingerprint density at radius 2 is 2.00 bits per heavy atom. The van der Waals surface area contributed by atoms with Crippen molar-refractivity contribution < 1.29 is 19.4 Å². The molecule has 1 saturated carbocycles. The Labute approximate surface area is 108 Å². The Kier molecular flexibility index (Phi) is 3.56. The van der Waals surface area contributed by atoms with Gasteiger partial charge in [0.2, 0.25) is 0 Å². The number of carbonyl (C=O) groups excluding carboxylic acids is 1. The molecule has 0 aromatic rings. The first kappa shape index (κ1) is 13.6. The summed E-state index contributed by atoms with van der Waals surface area (Å²) in [6, 6.07) is 0.00579. The molecular weight excluding hydrogens is 234 g/mol. The first-order valence-corrected chi connectivity index (χ1v) is 6.59. The molecule has 5 heteroatoms. The maximum Gasteiger partial charge on any atom is 0.407 e. The average Bonchev–Trinajstić information content (AvgIpc) is 2.27. The number of alkyl carbamates (subject to hydrolysis) is 1. The van der Waals surface area contributed by atoms with Gasteiger partial charge in [-0.2, -0.15) is 0 Å². The molecule has 1 spiro atoms. The molecule has 0 bridgehead atoms. The Hall–Kier alpha value is -0.810. The van der Waals surface area contributed by atoms with Crippen LogP contribution in [0.25, 0.3) is 0 Å². The Bertz CT molecular complexity index is 317. The molecular formula is C13H23NO4. The number of hydrogen-bond donors (Lipinski definition) is 2. The second kappa shape index (κ2) is 4.70. The van der Waals surface area contributed by atoms with Gasteiger partial charge < -0.3 is 19.9 Å². The lowest BCUT2D eigenvalue weighted by molar-refractivity contribution is -0.147. The van der Waals surface area contributed by atoms with Gasteiger partial charge in [0.05, 0.1) is 6.10 Å². The third-order valence-electron chi connectivity index (χ3n) is 3.93. The number of nitrogens with one attached hydrogen (secondary N) is 1. The molecule has 1 amide bonds. The molecule has 1 heterocycles. The SMILES string of the molecule is CC(C)(C)OC(=O)NC1CC(O)C12CCOCC2. The van der Waals surface area contributed by atoms with Crippen molar-refractivity contribution in [3.05, 3.63) is 0 Å². The molecule has 0 radical (unpaired) electrons. The summed E-state index contributed by atoms with van der Waals surface area (Å²) in [6.45, 7) is 6.83. The van der Waals surface area contributed by atoms with Crippen LogP contribution in [0.3, 0.4) is 0 Å². The Morgan fingerprint density at radius 1 is 1.39 bits per heavy atom. The van der Waals surface area contributed by atoms with Crippen LogP contribution in [0.4, 0.5) is 4.79 Å². The van der Waals surface area contributed by atoms with Gasteiger partial charge in [0, 0.05) is 24.7 Å². The van der Waals surface area contributed by atoms with E-state index in [1.165, 1.54) is 0 Å². The molecule has 104 valence electrons. The van der Waals surface area contributed by atoms with Crippen LogP contribution in [-0.4, -0.2) is 42.2 Å². The first-order valence-electron chi connectivity index (χ1n) is 6.59. The van der Waals surface area contributed by atoms with E-state index in [0.29, 0.717) is 19.6 Å². The zero-order valence-electron chi connectivity index (χ0n) is 11.4. The summed E-state index contributed by atoms with van der Waals surface area (Å²) >= 11 is 0. The molecule has 0 aromatic carbocycles. The monoisotopic (exact) mass is 257 g/mol. The van der Waals surface area contributed by atoms with Crippen LogP contribution in [0, 0.1) is 5.41 Å². The lowest BCUT2D eigenvalue weighted by Gasteiger charge is -2.55. The van der Waals surface area contributed by atoms with Crippen molar-refractivity contribution in [3.63, 3.8) is 0 Å². The second-order valence-electron chi connectivity index (χ2n) is 6.30. The van der Waals surface area contributed by atoms with E-state index >= 15 is 0 Å². The average molecular weight is 257 g/mol. The highest BCUT2D eigenvalue weighted by Crippen LogP contribution is 2.48. The topological polar surface area (TPSA) is 67.8 Å². The van der Waals surface area contributed by atoms with E-state index < -0.39 is 11.7 Å². The van der Waals surface area contributed by atoms with Gasteiger partial charge in [-0.05, 0) is 40.0 Å². The highest BCUT2D eigenvalue weighted by molar-refractivity contribution is 5.68. The molecule has 2 rings (SSSR count). The number of hydrogen-bond acceptors (Lipinski definition) is 4. The minimum atomic E-state index is -0.491. The Morgan fingerprint density at radius 3 is 2.50 bits per heavy atom. The largest absolute Gasteiger partial charge is 0.444 e. The lowest BCUT2D eigenvalue weighted by atomic mass is 9.58. The van der Waals surface area contributed by atoms with Gasteiger partial charge in [-0.1, -0.05) is 0 Å². The standard InChI is InChI=1S/C13H23NO4/c1-12(2,3)18-11(16)14-9-8-10(15)13(9)4-6-17-7-5-13/h9-10,15H,4-8H2,1-3H3,(H,14,16). The summed E-state index contributed by atoms with van der Waals surface area (Å²) in [5, 5.41) is 12.9. The van der Waals surface area contributed by atoms with E-state index in [-0.39, 0.29) is 17.6 Å². The fourth-order valence-electron chi connectivity index (χ4n) is 2.85. The van der Waals surface area contributed by atoms with Crippen LogP contribution in [0.2, 0.25) is 0 Å². The molecule has 0 aromatic heterocycles. The predicted molar refractivity (Wildman–Crippen MR) is 66.3 cm³/mol. The smallest absolute Gasteiger partial charge is 0.407 e. The molecule has 1 saturated heterocycles. The van der Waals surface area contributed by atoms with E-state index in [4.69, 9.17) is 9.47 Å². The summed E-state index contributed by atoms with van der Waals surface area (Å²) in [5.41, 5.74) is -0.690. The number of carbonyl (C=O) groups is 1. The quantitative estimate of drug-likeness (QED) is 0.746. The number of aliphatic hydroxyl groups is 1. The summed E-state index contributed by atoms with van der Waals surface area (Å²) in [7, 11) is 0. The van der Waals surface area contributed by atoms with Crippen molar-refractivity contribution in [2.75, 3.05) is 13.2 Å². The summed E-state index contributed by atoms with van der Waals surface area (Å²) in [5.74, 6) is 0. The molecule has 5 nitrogen and oxygen atoms in total. The molecule has 2 fully saturated rings. The lowest BCUT2D eigenvalue weighted by Crippen LogP contribution is -2.66. The van der Waals surface area contributed by atoms with Crippen molar-refractivity contribution in [2.24, 2.45) is 5.41 Å². The van der Waals surface area contributed by atoms with Crippen LogP contribution in [0.15, 0.2) is 0 Å². The van der Waals surface area contributed by atoms with E-state index in [1.54, 1.807) is 0 Å². The molecule has 2 unspecified atom stereocenters. The van der Waals surface area contributed by atoms with Gasteiger partial charge in [-0.3, -0.25) is 0 Å². The fraction of sp³-hybridized carbons (Fsp3) is 0.923. The minimum absolute atomic E-state index is 0.00579. The van der Waals surface area contributed by atoms with Crippen molar-refractivity contribution >= 4 is 6.09 Å². The summed E-state index contributed by atoms with van der Waals surface area (Å²) < 4.78 is 10.6. The molecule has 2 N–H and O–H groups in total. The van der Waals surface area contributed by atoms with Crippen LogP contribution in [-0.2, 0) is 9.47 Å². The molecule has 18 heavy (non-hydrogen) atoms. The summed E-state index contributed by atoms with van der Waals surface area (Å²) in [4.78, 5) is 11.7. The van der Waals surface area contributed by atoms with Crippen LogP contribution in [0.1, 0.15) is 40.0 Å². The number of amides is 1. The van der Waals surface area contributed by atoms with Crippen molar-refractivity contribution in [1.82, 2.24) is 5.32 Å². The van der Waals surface area contributed by atoms with Crippen molar-refractivity contribution in [2.45, 2.75) is 57.8 Å². The van der Waals surface area contributed by atoms with Gasteiger partial charge in [0.25, 0.3) is 0 Å². The van der Waals surface area contributed by atoms with Crippen molar-refractivity contribution in [1.29, 1.82) is 0 Å². The fourth-order valence-corrected chi connectivity index (χ4v) is 2.85. The number of rotatable bonds is 1. The second-order valence-corrected chi connectivity index (χ2v) is 6.30. The Balaban J connectivity index is 1.92. The predicted octanol–water partition coefficient (Wildman–Crippen LogP) is 1.44. The normalized spacial score (nSPS) is 30.7. The third kappa shape index (κ3) is 2.62. The van der Waals surface area contributed by atoms with Gasteiger partial charge in [0.1, 0.15) is 5.60 Å². The highest BCUT2D eigenvalue weighted by atomic mass is 16.6. The third-order valence-corrected chi connectivity index (χ3v) is 3.93. The number of aliphatic hydroxyl groups excluding tert-OH is 1. The van der Waals surface area contributed by atoms with E-state index in [1.807, 2.05) is 20.8 Å². The maximum atomic E-state index is 11.7.